The molecular formula is C59H90N6O15. The molecule has 0 aromatic carbocycles. The van der Waals surface area contributed by atoms with Gasteiger partial charge in [0.2, 0.25) is 0 Å². The van der Waals surface area contributed by atoms with E-state index in [4.69, 9.17) is 83.1 Å². The van der Waals surface area contributed by atoms with Crippen molar-refractivity contribution in [1.82, 2.24) is 0 Å². The van der Waals surface area contributed by atoms with Crippen LogP contribution in [0.5, 0.6) is 0 Å². The minimum atomic E-state index is -0.586. The summed E-state index contributed by atoms with van der Waals surface area (Å²) in [5.41, 5.74) is 0.400. The molecule has 0 bridgehead atoms. The lowest BCUT2D eigenvalue weighted by Gasteiger charge is -2.28. The minimum Gasteiger partial charge on any atom is -0.515 e. The Morgan fingerprint density at radius 1 is 0.613 bits per heavy atom. The Morgan fingerprint density at radius 3 is 1.36 bits per heavy atom. The molecule has 8 rings (SSSR count). The first-order valence-electron chi connectivity index (χ1n) is 27.8. The van der Waals surface area contributed by atoms with Crippen LogP contribution < -0.4 is 0 Å². The maximum absolute atomic E-state index is 9.82. The fourth-order valence-electron chi connectivity index (χ4n) is 11.8. The van der Waals surface area contributed by atoms with Crippen molar-refractivity contribution < 1.29 is 71.7 Å². The lowest BCUT2D eigenvalue weighted by Crippen LogP contribution is -2.36. The zero-order valence-corrected chi connectivity index (χ0v) is 50.3. The van der Waals surface area contributed by atoms with E-state index in [1.165, 1.54) is 13.8 Å². The monoisotopic (exact) mass is 1120 g/mol. The summed E-state index contributed by atoms with van der Waals surface area (Å²) in [6, 6.07) is 10.5. The third kappa shape index (κ3) is 19.9. The Labute approximate surface area is 475 Å². The SMILES string of the molecule is CC(=O)CC#N.CC(=O)CC#N.CC[C@H]1CC(/C(C#N)=C/O)[C@@H]2OC(C)(C)O[C@H]12.CC[C@H]1CC(C(C#N)C(OC)OC)[C@@H]2OC(C)(C)O[C@H]12.CC[C@H]1C[C@@H](C(C)C#N)[C@@H]2OC(C)(C)O[C@H]12.CC[C@H]1N=C[C@@H]2OC(C)(C)O[C@@H]21.O=C=O. The zero-order chi connectivity index (χ0) is 60.9. The van der Waals surface area contributed by atoms with E-state index >= 15 is 0 Å². The molecule has 4 unspecified atom stereocenters. The lowest BCUT2D eigenvalue weighted by atomic mass is 9.88. The average Bonchev–Trinajstić information content (AvgIpc) is 4.31. The van der Waals surface area contributed by atoms with E-state index in [1.807, 2.05) is 68.5 Å². The molecule has 0 aromatic rings. The molecule has 17 atom stereocenters. The second kappa shape index (κ2) is 32.6. The van der Waals surface area contributed by atoms with Gasteiger partial charge in [-0.25, -0.2) is 0 Å². The number of ether oxygens (including phenoxy) is 10. The average molecular weight is 1120 g/mol. The number of methoxy groups -OCH3 is 2. The van der Waals surface area contributed by atoms with E-state index in [9.17, 15) is 14.9 Å². The van der Waals surface area contributed by atoms with Gasteiger partial charge in [-0.15, -0.1) is 0 Å². The van der Waals surface area contributed by atoms with E-state index < -0.39 is 29.4 Å². The Balaban J connectivity index is 0.000000338. The van der Waals surface area contributed by atoms with Gasteiger partial charge < -0.3 is 52.5 Å². The third-order valence-electron chi connectivity index (χ3n) is 15.3. The molecule has 5 aliphatic heterocycles. The number of rotatable bonds is 12. The van der Waals surface area contributed by atoms with E-state index in [0.717, 1.165) is 51.2 Å². The second-order valence-electron chi connectivity index (χ2n) is 22.9. The summed E-state index contributed by atoms with van der Waals surface area (Å²) in [5, 5.41) is 52.2. The van der Waals surface area contributed by atoms with Crippen molar-refractivity contribution >= 4 is 23.9 Å². The molecule has 21 heteroatoms. The summed E-state index contributed by atoms with van der Waals surface area (Å²) in [4.78, 5) is 40.2. The van der Waals surface area contributed by atoms with Crippen LogP contribution in [0.1, 0.15) is 162 Å². The standard InChI is InChI=1S/C15H25NO4.C13H19NO3.C13H21NO2.C9H15NO2.2C4H5NO.CO2/c1-6-9-7-10(11(8-16)14(17-4)18-5)13-12(9)19-15(2,3)20-13;1-4-8-5-10(9(6-14)7-15)12-11(8)16-13(2,3)17-12;1-5-9-6-10(8(2)7-14)12-11(9)15-13(3,4)16-12;1-4-6-8-7(5-10-6)11-9(2,3)12-8;2*1-4(6)2-3-5;2-1-3/h9-14H,6-7H2,1-5H3;7-8,10-12,15H,4-5H2,1-3H3;8-12H,5-6H2,1-4H3;5-8H,4H2,1-3H3;2*2H2,1H3;/b;9-7+;;;;;/t9-,10?,11?,12+,13-;8-,10?,11+,12-;8?,9-,10-,11+,12-;6-,7+,8-;;;/m0001.../s1. The van der Waals surface area contributed by atoms with Crippen LogP contribution in [0.15, 0.2) is 16.8 Å². The summed E-state index contributed by atoms with van der Waals surface area (Å²) < 4.78 is 57.8. The quantitative estimate of drug-likeness (QED) is 0.108. The molecule has 80 heavy (non-hydrogen) atoms. The first-order valence-corrected chi connectivity index (χ1v) is 27.8. The molecule has 3 saturated carbocycles. The van der Waals surface area contributed by atoms with Gasteiger partial charge in [-0.05, 0) is 120 Å². The van der Waals surface area contributed by atoms with Crippen LogP contribution in [-0.4, -0.2) is 128 Å². The molecule has 0 aromatic heterocycles. The predicted octanol–water partition coefficient (Wildman–Crippen LogP) is 9.31. The highest BCUT2D eigenvalue weighted by molar-refractivity contribution is 5.77. The summed E-state index contributed by atoms with van der Waals surface area (Å²) in [7, 11) is 3.14. The van der Waals surface area contributed by atoms with E-state index in [0.29, 0.717) is 35.3 Å². The number of aliphatic imine (C=N–C) groups is 1. The first-order chi connectivity index (χ1) is 37.5. The Hall–Kier alpha value is -5.02. The molecule has 0 radical (unpaired) electrons. The highest BCUT2D eigenvalue weighted by atomic mass is 16.8. The smallest absolute Gasteiger partial charge is 0.373 e. The van der Waals surface area contributed by atoms with Crippen LogP contribution in [0.4, 0.5) is 0 Å². The fourth-order valence-corrected chi connectivity index (χ4v) is 11.8. The van der Waals surface area contributed by atoms with Crippen molar-refractivity contribution in [2.24, 2.45) is 52.3 Å². The highest BCUT2D eigenvalue weighted by Gasteiger charge is 2.58. The van der Waals surface area contributed by atoms with Crippen molar-refractivity contribution in [3.8, 4) is 30.3 Å². The number of hydrogen-bond donors (Lipinski definition) is 1. The molecule has 0 amide bonds. The molecule has 446 valence electrons. The molecule has 1 N–H and O–H groups in total. The van der Waals surface area contributed by atoms with Crippen LogP contribution in [0.25, 0.3) is 0 Å². The Morgan fingerprint density at radius 2 is 1.00 bits per heavy atom. The van der Waals surface area contributed by atoms with Crippen molar-refractivity contribution in [3.05, 3.63) is 11.8 Å². The van der Waals surface area contributed by atoms with Gasteiger partial charge in [-0.1, -0.05) is 47.0 Å². The number of carbonyl (C=O) groups is 2. The maximum atomic E-state index is 9.82. The molecule has 8 aliphatic rings. The number of Topliss-reactive ketones (excluding diaryl/α,β-unsaturated/α-hetero) is 2. The van der Waals surface area contributed by atoms with Crippen molar-refractivity contribution in [2.75, 3.05) is 14.2 Å². The number of nitrogens with zero attached hydrogens (tertiary/aromatic N) is 6. The number of nitriles is 5. The number of aliphatic hydroxyl groups excluding tert-OH is 1. The van der Waals surface area contributed by atoms with Crippen LogP contribution in [-0.2, 0) is 66.5 Å². The van der Waals surface area contributed by atoms with Crippen LogP contribution in [0.2, 0.25) is 0 Å². The van der Waals surface area contributed by atoms with Gasteiger partial charge in [0.05, 0.1) is 97.7 Å². The summed E-state index contributed by atoms with van der Waals surface area (Å²) >= 11 is 0. The van der Waals surface area contributed by atoms with Gasteiger partial charge in [0.1, 0.15) is 29.7 Å². The van der Waals surface area contributed by atoms with Crippen LogP contribution >= 0.6 is 0 Å². The predicted molar refractivity (Wildman–Crippen MR) is 288 cm³/mol. The molecule has 5 heterocycles. The van der Waals surface area contributed by atoms with Gasteiger partial charge in [-0.3, -0.25) is 14.6 Å². The van der Waals surface area contributed by atoms with Gasteiger partial charge in [0, 0.05) is 44.1 Å². The number of hydrogen-bond acceptors (Lipinski definition) is 21. The van der Waals surface area contributed by atoms with E-state index in [2.05, 4.69) is 50.9 Å². The van der Waals surface area contributed by atoms with E-state index in [1.54, 1.807) is 26.4 Å². The van der Waals surface area contributed by atoms with Crippen LogP contribution in [0, 0.1) is 104 Å². The first kappa shape index (κ1) is 71.1. The third-order valence-corrected chi connectivity index (χ3v) is 15.3. The highest BCUT2D eigenvalue weighted by Crippen LogP contribution is 2.51. The van der Waals surface area contributed by atoms with Crippen molar-refractivity contribution in [2.45, 2.75) is 246 Å². The van der Waals surface area contributed by atoms with Gasteiger partial charge >= 0.3 is 6.15 Å². The maximum Gasteiger partial charge on any atom is 0.373 e. The number of ketones is 2. The van der Waals surface area contributed by atoms with E-state index in [-0.39, 0.29) is 103 Å². The van der Waals surface area contributed by atoms with Crippen molar-refractivity contribution in [3.63, 3.8) is 0 Å². The normalized spacial score (nSPS) is 33.9. The fraction of sp³-hybridized carbons (Fsp3) is 0.814. The second-order valence-corrected chi connectivity index (χ2v) is 22.9. The van der Waals surface area contributed by atoms with Crippen LogP contribution in [0.3, 0.4) is 0 Å². The summed E-state index contributed by atoms with van der Waals surface area (Å²) in [6.45, 7) is 28.8. The lowest BCUT2D eigenvalue weighted by molar-refractivity contribution is -0.191. The topological polar surface area (TPSA) is 312 Å². The summed E-state index contributed by atoms with van der Waals surface area (Å²) in [5.74, 6) is -0.729. The molecule has 21 nitrogen and oxygen atoms in total. The Kier molecular flexibility index (Phi) is 28.9. The van der Waals surface area contributed by atoms with Gasteiger partial charge in [0.15, 0.2) is 29.4 Å². The van der Waals surface area contributed by atoms with Crippen molar-refractivity contribution in [1.29, 1.82) is 26.3 Å². The zero-order valence-electron chi connectivity index (χ0n) is 50.3. The molecule has 3 aliphatic carbocycles. The van der Waals surface area contributed by atoms with Gasteiger partial charge in [-0.2, -0.15) is 35.9 Å². The number of aliphatic hydroxyl groups is 1. The summed E-state index contributed by atoms with van der Waals surface area (Å²) in [6.07, 6.45) is 10.1. The molecule has 0 spiro atoms. The number of carbonyl (C=O) groups excluding carboxylic acids is 4. The molecular weight excluding hydrogens is 1030 g/mol. The molecule has 4 saturated heterocycles. The van der Waals surface area contributed by atoms with Gasteiger partial charge in [0.25, 0.3) is 0 Å². The largest absolute Gasteiger partial charge is 0.515 e. The number of fused-ring (bicyclic) bond motifs is 4. The Bertz CT molecular complexity index is 2270. The minimum absolute atomic E-state index is 0.0401. The molecule has 7 fully saturated rings.